The first-order valence-corrected chi connectivity index (χ1v) is 4.25. The minimum atomic E-state index is -0.495. The van der Waals surface area contributed by atoms with E-state index >= 15 is 0 Å². The van der Waals surface area contributed by atoms with Gasteiger partial charge in [0.05, 0.1) is 0 Å². The third-order valence-corrected chi connectivity index (χ3v) is 1.92. The molecule has 0 aliphatic carbocycles. The van der Waals surface area contributed by atoms with Gasteiger partial charge in [0, 0.05) is 22.4 Å². The molecule has 4 heteroatoms. The van der Waals surface area contributed by atoms with Gasteiger partial charge in [-0.3, -0.25) is 4.98 Å². The highest BCUT2D eigenvalue weighted by Gasteiger charge is 2.02. The van der Waals surface area contributed by atoms with Gasteiger partial charge in [-0.1, -0.05) is 0 Å². The molecule has 1 rings (SSSR count). The van der Waals surface area contributed by atoms with Crippen LogP contribution in [0.15, 0.2) is 22.9 Å². The summed E-state index contributed by atoms with van der Waals surface area (Å²) < 4.78 is 0.885. The molecular weight excluding hydrogens is 237 g/mol. The van der Waals surface area contributed by atoms with Crippen molar-refractivity contribution in [2.45, 2.75) is 4.84 Å². The van der Waals surface area contributed by atoms with Crippen LogP contribution in [0.1, 0.15) is 10.4 Å². The first kappa shape index (κ1) is 8.31. The molecule has 0 N–H and O–H groups in total. The highest BCUT2D eigenvalue weighted by atomic mass is 79.9. The van der Waals surface area contributed by atoms with Gasteiger partial charge in [-0.15, -0.1) is 23.2 Å². The Labute approximate surface area is 77.5 Å². The van der Waals surface area contributed by atoms with E-state index in [4.69, 9.17) is 23.2 Å². The monoisotopic (exact) mass is 239 g/mol. The second-order valence-corrected chi connectivity index (χ2v) is 3.75. The molecule has 0 spiro atoms. The zero-order valence-electron chi connectivity index (χ0n) is 4.89. The number of nitrogens with zero attached hydrogens (tertiary/aromatic N) is 1. The fraction of sp³-hybridized carbons (Fsp3) is 0.167. The van der Waals surface area contributed by atoms with Gasteiger partial charge in [-0.05, 0) is 22.0 Å². The average Bonchev–Trinajstić information content (AvgIpc) is 1.88. The topological polar surface area (TPSA) is 12.9 Å². The van der Waals surface area contributed by atoms with Crippen molar-refractivity contribution in [3.8, 4) is 0 Å². The summed E-state index contributed by atoms with van der Waals surface area (Å²) in [6.07, 6.45) is 3.31. The largest absolute Gasteiger partial charge is 0.263 e. The summed E-state index contributed by atoms with van der Waals surface area (Å²) in [6.45, 7) is 0. The van der Waals surface area contributed by atoms with E-state index in [1.807, 2.05) is 6.07 Å². The smallest absolute Gasteiger partial charge is 0.134 e. The van der Waals surface area contributed by atoms with Crippen molar-refractivity contribution >= 4 is 39.1 Å². The average molecular weight is 241 g/mol. The van der Waals surface area contributed by atoms with Crippen molar-refractivity contribution in [3.05, 3.63) is 28.5 Å². The zero-order chi connectivity index (χ0) is 7.56. The maximum Gasteiger partial charge on any atom is 0.134 e. The molecule has 0 fully saturated rings. The molecule has 10 heavy (non-hydrogen) atoms. The summed E-state index contributed by atoms with van der Waals surface area (Å²) in [7, 11) is 0. The zero-order valence-corrected chi connectivity index (χ0v) is 7.99. The second kappa shape index (κ2) is 3.56. The summed E-state index contributed by atoms with van der Waals surface area (Å²) in [5.74, 6) is 0. The van der Waals surface area contributed by atoms with Gasteiger partial charge in [0.2, 0.25) is 0 Å². The van der Waals surface area contributed by atoms with E-state index in [1.165, 1.54) is 0 Å². The third-order valence-electron chi connectivity index (χ3n) is 0.978. The number of rotatable bonds is 1. The fourth-order valence-corrected chi connectivity index (χ4v) is 1.17. The molecule has 54 valence electrons. The molecule has 0 saturated heterocycles. The van der Waals surface area contributed by atoms with Crippen molar-refractivity contribution in [2.24, 2.45) is 0 Å². The van der Waals surface area contributed by atoms with Gasteiger partial charge in [-0.2, -0.15) is 0 Å². The molecule has 1 heterocycles. The van der Waals surface area contributed by atoms with Crippen LogP contribution in [0.25, 0.3) is 0 Å². The SMILES string of the molecule is ClC(Cl)c1cncc(Br)c1. The molecule has 1 aromatic rings. The molecule has 0 amide bonds. The van der Waals surface area contributed by atoms with Crippen LogP contribution >= 0.6 is 39.1 Å². The third kappa shape index (κ3) is 2.11. The van der Waals surface area contributed by atoms with E-state index in [0.29, 0.717) is 0 Å². The van der Waals surface area contributed by atoms with Crippen LogP contribution in [0, 0.1) is 0 Å². The lowest BCUT2D eigenvalue weighted by atomic mass is 10.3. The number of hydrogen-bond donors (Lipinski definition) is 0. The fourth-order valence-electron chi connectivity index (χ4n) is 0.548. The number of halogens is 3. The number of alkyl halides is 2. The lowest BCUT2D eigenvalue weighted by Crippen LogP contribution is -1.82. The van der Waals surface area contributed by atoms with E-state index in [9.17, 15) is 0 Å². The normalized spacial score (nSPS) is 10.4. The van der Waals surface area contributed by atoms with E-state index in [-0.39, 0.29) is 0 Å². The molecule has 0 aliphatic heterocycles. The Morgan fingerprint density at radius 1 is 1.40 bits per heavy atom. The van der Waals surface area contributed by atoms with Crippen molar-refractivity contribution < 1.29 is 0 Å². The van der Waals surface area contributed by atoms with Gasteiger partial charge in [0.15, 0.2) is 0 Å². The van der Waals surface area contributed by atoms with E-state index < -0.39 is 4.84 Å². The van der Waals surface area contributed by atoms with Crippen LogP contribution in [0.4, 0.5) is 0 Å². The van der Waals surface area contributed by atoms with Crippen LogP contribution in [0.5, 0.6) is 0 Å². The predicted molar refractivity (Wildman–Crippen MR) is 46.4 cm³/mol. The predicted octanol–water partition coefficient (Wildman–Crippen LogP) is 3.32. The number of hydrogen-bond acceptors (Lipinski definition) is 1. The van der Waals surface area contributed by atoms with E-state index in [2.05, 4.69) is 20.9 Å². The van der Waals surface area contributed by atoms with Crippen molar-refractivity contribution in [2.75, 3.05) is 0 Å². The molecule has 0 saturated carbocycles. The van der Waals surface area contributed by atoms with Gasteiger partial charge >= 0.3 is 0 Å². The van der Waals surface area contributed by atoms with Crippen LogP contribution in [0.2, 0.25) is 0 Å². The molecule has 0 unspecified atom stereocenters. The number of pyridine rings is 1. The Morgan fingerprint density at radius 3 is 2.50 bits per heavy atom. The maximum atomic E-state index is 5.58. The van der Waals surface area contributed by atoms with Crippen LogP contribution in [0.3, 0.4) is 0 Å². The maximum absolute atomic E-state index is 5.58. The summed E-state index contributed by atoms with van der Waals surface area (Å²) in [5, 5.41) is 0. The molecule has 1 aromatic heterocycles. The van der Waals surface area contributed by atoms with Crippen molar-refractivity contribution in [1.29, 1.82) is 0 Å². The lowest BCUT2D eigenvalue weighted by Gasteiger charge is -1.98. The quantitative estimate of drug-likeness (QED) is 0.687. The standard InChI is InChI=1S/C6H4BrCl2N/c7-5-1-4(6(8)9)2-10-3-5/h1-3,6H. The van der Waals surface area contributed by atoms with Crippen LogP contribution < -0.4 is 0 Å². The van der Waals surface area contributed by atoms with Gasteiger partial charge < -0.3 is 0 Å². The molecule has 0 atom stereocenters. The van der Waals surface area contributed by atoms with E-state index in [1.54, 1.807) is 12.4 Å². The molecule has 0 aromatic carbocycles. The summed E-state index contributed by atoms with van der Waals surface area (Å²) >= 11 is 14.4. The summed E-state index contributed by atoms with van der Waals surface area (Å²) in [5.41, 5.74) is 0.803. The second-order valence-electron chi connectivity index (χ2n) is 1.74. The Balaban J connectivity index is 2.96. The Bertz CT molecular complexity index is 227. The Kier molecular flexibility index (Phi) is 2.96. The van der Waals surface area contributed by atoms with Crippen LogP contribution in [-0.2, 0) is 0 Å². The molecular formula is C6H4BrCl2N. The van der Waals surface area contributed by atoms with Gasteiger partial charge in [-0.25, -0.2) is 0 Å². The van der Waals surface area contributed by atoms with Gasteiger partial charge in [0.25, 0.3) is 0 Å². The molecule has 0 bridgehead atoms. The number of aromatic nitrogens is 1. The minimum absolute atomic E-state index is 0.495. The van der Waals surface area contributed by atoms with E-state index in [0.717, 1.165) is 10.0 Å². The Hall–Kier alpha value is 0.210. The van der Waals surface area contributed by atoms with Gasteiger partial charge in [0.1, 0.15) is 4.84 Å². The first-order chi connectivity index (χ1) is 4.70. The lowest BCUT2D eigenvalue weighted by molar-refractivity contribution is 1.21. The molecule has 1 nitrogen and oxygen atoms in total. The van der Waals surface area contributed by atoms with Crippen molar-refractivity contribution in [1.82, 2.24) is 4.98 Å². The first-order valence-electron chi connectivity index (χ1n) is 2.59. The minimum Gasteiger partial charge on any atom is -0.263 e. The highest BCUT2D eigenvalue weighted by molar-refractivity contribution is 9.10. The Morgan fingerprint density at radius 2 is 2.10 bits per heavy atom. The molecule has 0 radical (unpaired) electrons. The highest BCUT2D eigenvalue weighted by Crippen LogP contribution is 2.25. The molecule has 0 aliphatic rings. The van der Waals surface area contributed by atoms with Crippen LogP contribution in [-0.4, -0.2) is 4.98 Å². The summed E-state index contributed by atoms with van der Waals surface area (Å²) in [4.78, 5) is 3.39. The summed E-state index contributed by atoms with van der Waals surface area (Å²) in [6, 6.07) is 1.83. The van der Waals surface area contributed by atoms with Crippen molar-refractivity contribution in [3.63, 3.8) is 0 Å².